The first-order valence-corrected chi connectivity index (χ1v) is 2.10. The van der Waals surface area contributed by atoms with E-state index in [1.165, 1.54) is 0 Å². The van der Waals surface area contributed by atoms with Gasteiger partial charge in [-0.3, -0.25) is 9.11 Å². The standard InChI is InChI=1S/3ClH.K.2Mg.2Na.H2O4S.7H/c;;;;;;;;1-5(2,3)4;;;;;;;/h3*1H;;;;;;(H2,1,2,3,4);;;;;;;/q;;;+1;2*+2;2*+1;;7*-1. The van der Waals surface area contributed by atoms with E-state index in [0.29, 0.717) is 0 Å². The topological polar surface area (TPSA) is 74.6 Å². The number of rotatable bonds is 0. The Balaban J connectivity index is -0.000000000762. The van der Waals surface area contributed by atoms with Gasteiger partial charge in [-0.25, -0.2) is 0 Å². The van der Waals surface area contributed by atoms with Gasteiger partial charge in [0.1, 0.15) is 0 Å². The van der Waals surface area contributed by atoms with Gasteiger partial charge in [-0.05, 0) is 0 Å². The molecular formula is H12Cl3KMg2Na2O4S. The smallest absolute Gasteiger partial charge is 1.00 e. The van der Waals surface area contributed by atoms with Crippen molar-refractivity contribution in [2.75, 3.05) is 0 Å². The molecule has 0 amide bonds. The number of halogens is 3. The van der Waals surface area contributed by atoms with Gasteiger partial charge in [0.15, 0.2) is 0 Å². The van der Waals surface area contributed by atoms with Gasteiger partial charge in [0.2, 0.25) is 0 Å². The van der Waals surface area contributed by atoms with Gasteiger partial charge < -0.3 is 9.99 Å². The molecule has 70 valence electrons. The molecule has 0 aromatic heterocycles. The molecule has 13 heavy (non-hydrogen) atoms. The molecule has 0 aromatic rings. The van der Waals surface area contributed by atoms with Gasteiger partial charge in [0, 0.05) is 0 Å². The molecule has 0 fully saturated rings. The second kappa shape index (κ2) is 36.1. The summed E-state index contributed by atoms with van der Waals surface area (Å²) in [7, 11) is -4.67. The summed E-state index contributed by atoms with van der Waals surface area (Å²) in [5.41, 5.74) is 0. The Kier molecular flexibility index (Phi) is 172. The summed E-state index contributed by atoms with van der Waals surface area (Å²) in [5.74, 6) is 0. The third-order valence-electron chi connectivity index (χ3n) is 0. The molecular weight excluding hydrogens is 336 g/mol. The molecule has 0 rings (SSSR count). The molecule has 0 aliphatic heterocycles. The summed E-state index contributed by atoms with van der Waals surface area (Å²) >= 11 is 0. The van der Waals surface area contributed by atoms with Crippen molar-refractivity contribution in [1.82, 2.24) is 0 Å². The van der Waals surface area contributed by atoms with Crippen LogP contribution in [0.15, 0.2) is 0 Å². The van der Waals surface area contributed by atoms with Crippen molar-refractivity contribution >= 4 is 93.7 Å². The Morgan fingerprint density at radius 3 is 0.846 bits per heavy atom. The van der Waals surface area contributed by atoms with Gasteiger partial charge >= 0.3 is 167 Å². The van der Waals surface area contributed by atoms with Gasteiger partial charge in [0.25, 0.3) is 0 Å². The molecule has 13 heteroatoms. The van der Waals surface area contributed by atoms with Crippen LogP contribution in [0.4, 0.5) is 0 Å². The predicted molar refractivity (Wildman–Crippen MR) is 55.2 cm³/mol. The molecule has 0 unspecified atom stereocenters. The Hall–Kier alpha value is 5.91. The zero-order valence-electron chi connectivity index (χ0n) is 14.8. The van der Waals surface area contributed by atoms with Crippen LogP contribution in [0.2, 0.25) is 0 Å². The van der Waals surface area contributed by atoms with Crippen molar-refractivity contribution in [3.05, 3.63) is 0 Å². The summed E-state index contributed by atoms with van der Waals surface area (Å²) in [6.07, 6.45) is 0. The van der Waals surface area contributed by atoms with Crippen LogP contribution < -0.4 is 110 Å². The first kappa shape index (κ1) is 61.8. The van der Waals surface area contributed by atoms with E-state index in [9.17, 15) is 0 Å². The quantitative estimate of drug-likeness (QED) is 0.337. The molecule has 0 spiro atoms. The van der Waals surface area contributed by atoms with Crippen LogP contribution in [-0.4, -0.2) is 63.6 Å². The van der Waals surface area contributed by atoms with Crippen LogP contribution in [0.3, 0.4) is 0 Å². The van der Waals surface area contributed by atoms with Crippen molar-refractivity contribution < 1.29 is 138 Å². The third-order valence-corrected chi connectivity index (χ3v) is 0. The van der Waals surface area contributed by atoms with Crippen LogP contribution in [0.5, 0.6) is 0 Å². The molecule has 0 bridgehead atoms. The van der Waals surface area contributed by atoms with E-state index in [1.807, 2.05) is 0 Å². The Bertz CT molecular complexity index is 133. The Morgan fingerprint density at radius 2 is 0.846 bits per heavy atom. The summed E-state index contributed by atoms with van der Waals surface area (Å²) in [6, 6.07) is 0. The van der Waals surface area contributed by atoms with Crippen molar-refractivity contribution in [2.45, 2.75) is 0 Å². The maximum Gasteiger partial charge on any atom is 2.00 e. The molecule has 0 saturated heterocycles. The molecule has 0 aliphatic rings. The molecule has 0 heterocycles. The zero-order chi connectivity index (χ0) is 4.50. The Morgan fingerprint density at radius 1 is 0.846 bits per heavy atom. The first-order chi connectivity index (χ1) is 2.00. The fraction of sp³-hybridized carbons (Fsp3) is 0. The van der Waals surface area contributed by atoms with Crippen LogP contribution in [-0.2, 0) is 10.4 Å². The molecule has 2 N–H and O–H groups in total. The van der Waals surface area contributed by atoms with Crippen molar-refractivity contribution in [2.24, 2.45) is 0 Å². The summed E-state index contributed by atoms with van der Waals surface area (Å²) in [5, 5.41) is 0. The molecule has 0 aromatic carbocycles. The SMILES string of the molecule is Cl.Cl.Cl.O=S(=O)(O)O.[H-].[H-].[H-].[H-].[H-].[H-].[H-].[K+].[Mg+2].[Mg+2].[Na+].[Na+]. The van der Waals surface area contributed by atoms with E-state index < -0.39 is 10.4 Å². The molecule has 0 aliphatic carbocycles. The van der Waals surface area contributed by atoms with E-state index in [0.717, 1.165) is 0 Å². The van der Waals surface area contributed by atoms with Gasteiger partial charge in [-0.1, -0.05) is 0 Å². The minimum Gasteiger partial charge on any atom is -1.00 e. The number of hydrogen-bond acceptors (Lipinski definition) is 2. The van der Waals surface area contributed by atoms with Crippen LogP contribution in [0.25, 0.3) is 0 Å². The second-order valence-corrected chi connectivity index (χ2v) is 1.34. The monoisotopic (exact) mass is 346 g/mol. The van der Waals surface area contributed by atoms with Crippen LogP contribution >= 0.6 is 37.2 Å². The summed E-state index contributed by atoms with van der Waals surface area (Å²) in [4.78, 5) is 0. The third kappa shape index (κ3) is 130. The van der Waals surface area contributed by atoms with Crippen LogP contribution in [0.1, 0.15) is 9.99 Å². The number of hydrogen-bond donors (Lipinski definition) is 2. The second-order valence-electron chi connectivity index (χ2n) is 0.448. The molecule has 0 radical (unpaired) electrons. The summed E-state index contributed by atoms with van der Waals surface area (Å²) < 4.78 is 31.6. The van der Waals surface area contributed by atoms with Gasteiger partial charge in [-0.2, -0.15) is 8.42 Å². The minimum atomic E-state index is -4.67. The average Bonchev–Trinajstić information content (AvgIpc) is 0.722. The fourth-order valence-corrected chi connectivity index (χ4v) is 0. The van der Waals surface area contributed by atoms with E-state index in [2.05, 4.69) is 0 Å². The van der Waals surface area contributed by atoms with E-state index in [-0.39, 0.29) is 204 Å². The molecule has 0 atom stereocenters. The van der Waals surface area contributed by atoms with E-state index >= 15 is 0 Å². The average molecular weight is 348 g/mol. The van der Waals surface area contributed by atoms with Gasteiger partial charge in [0.05, 0.1) is 0 Å². The predicted octanol–water partition coefficient (Wildman–Crippen LogP) is -8.35. The van der Waals surface area contributed by atoms with Crippen molar-refractivity contribution in [1.29, 1.82) is 0 Å². The minimum absolute atomic E-state index is 0. The Labute approximate surface area is 226 Å². The fourth-order valence-electron chi connectivity index (χ4n) is 0. The van der Waals surface area contributed by atoms with Crippen molar-refractivity contribution in [3.8, 4) is 0 Å². The molecule has 0 saturated carbocycles. The van der Waals surface area contributed by atoms with Gasteiger partial charge in [-0.15, -0.1) is 37.2 Å². The van der Waals surface area contributed by atoms with E-state index in [1.54, 1.807) is 0 Å². The summed E-state index contributed by atoms with van der Waals surface area (Å²) in [6.45, 7) is 0. The van der Waals surface area contributed by atoms with Crippen LogP contribution in [0, 0.1) is 0 Å². The van der Waals surface area contributed by atoms with E-state index in [4.69, 9.17) is 17.5 Å². The normalized spacial score (nSPS) is 4.46. The maximum absolute atomic E-state index is 8.74. The van der Waals surface area contributed by atoms with Crippen molar-refractivity contribution in [3.63, 3.8) is 0 Å². The largest absolute Gasteiger partial charge is 2.00 e. The molecule has 4 nitrogen and oxygen atoms in total. The zero-order valence-corrected chi connectivity index (χ0v) is 21.0. The first-order valence-electron chi connectivity index (χ1n) is 0.698. The maximum atomic E-state index is 8.74.